The van der Waals surface area contributed by atoms with Crippen molar-refractivity contribution in [3.63, 3.8) is 0 Å². The lowest BCUT2D eigenvalue weighted by Gasteiger charge is -2.11. The van der Waals surface area contributed by atoms with Crippen LogP contribution in [0.3, 0.4) is 0 Å². The van der Waals surface area contributed by atoms with Crippen molar-refractivity contribution in [2.45, 2.75) is 13.3 Å². The van der Waals surface area contributed by atoms with Gasteiger partial charge in [0.15, 0.2) is 0 Å². The van der Waals surface area contributed by atoms with Crippen molar-refractivity contribution in [1.82, 2.24) is 9.97 Å². The summed E-state index contributed by atoms with van der Waals surface area (Å²) in [6.45, 7) is 1.99. The molecule has 2 aromatic rings. The van der Waals surface area contributed by atoms with Gasteiger partial charge in [0.1, 0.15) is 18.0 Å². The maximum absolute atomic E-state index is 8.85. The van der Waals surface area contributed by atoms with Crippen molar-refractivity contribution >= 4 is 17.3 Å². The Labute approximate surface area is 105 Å². The topological polar surface area (TPSA) is 87.6 Å². The fourth-order valence-electron chi connectivity index (χ4n) is 1.69. The first kappa shape index (κ1) is 11.9. The number of hydrogen-bond donors (Lipinski definition) is 2. The standard InChI is InChI=1S/C13H13N5/c1-2-11-12(15)16-8-17-13(11)18-10-5-3-4-9(6-10)7-14/h3-6,8H,2H2,1H3,(H3,15,16,17,18). The highest BCUT2D eigenvalue weighted by molar-refractivity contribution is 5.64. The van der Waals surface area contributed by atoms with Gasteiger partial charge in [-0.05, 0) is 24.6 Å². The molecule has 0 bridgehead atoms. The summed E-state index contributed by atoms with van der Waals surface area (Å²) in [7, 11) is 0. The summed E-state index contributed by atoms with van der Waals surface area (Å²) in [5.41, 5.74) is 8.08. The fraction of sp³-hybridized carbons (Fsp3) is 0.154. The molecule has 0 aliphatic heterocycles. The third-order valence-corrected chi connectivity index (χ3v) is 2.59. The van der Waals surface area contributed by atoms with Crippen molar-refractivity contribution in [3.05, 3.63) is 41.7 Å². The molecule has 0 fully saturated rings. The number of nitrogens with zero attached hydrogens (tertiary/aromatic N) is 3. The SMILES string of the molecule is CCc1c(N)ncnc1Nc1cccc(C#N)c1. The maximum atomic E-state index is 8.85. The van der Waals surface area contributed by atoms with Gasteiger partial charge in [0.05, 0.1) is 11.6 Å². The molecule has 0 aliphatic carbocycles. The van der Waals surface area contributed by atoms with Crippen molar-refractivity contribution in [1.29, 1.82) is 5.26 Å². The van der Waals surface area contributed by atoms with Crippen LogP contribution in [-0.2, 0) is 6.42 Å². The molecule has 0 atom stereocenters. The number of anilines is 3. The number of rotatable bonds is 3. The summed E-state index contributed by atoms with van der Waals surface area (Å²) in [6.07, 6.45) is 2.16. The van der Waals surface area contributed by atoms with Crippen LogP contribution in [0.25, 0.3) is 0 Å². The molecule has 90 valence electrons. The molecule has 5 heteroatoms. The van der Waals surface area contributed by atoms with E-state index in [0.717, 1.165) is 17.7 Å². The summed E-state index contributed by atoms with van der Waals surface area (Å²) in [5.74, 6) is 1.16. The van der Waals surface area contributed by atoms with Gasteiger partial charge in [-0.2, -0.15) is 5.26 Å². The third kappa shape index (κ3) is 2.38. The van der Waals surface area contributed by atoms with E-state index in [9.17, 15) is 0 Å². The first-order chi connectivity index (χ1) is 8.74. The van der Waals surface area contributed by atoms with Crippen LogP contribution < -0.4 is 11.1 Å². The van der Waals surface area contributed by atoms with Crippen LogP contribution >= 0.6 is 0 Å². The van der Waals surface area contributed by atoms with Gasteiger partial charge in [-0.3, -0.25) is 0 Å². The van der Waals surface area contributed by atoms with E-state index >= 15 is 0 Å². The van der Waals surface area contributed by atoms with E-state index in [2.05, 4.69) is 21.4 Å². The molecule has 0 amide bonds. The zero-order valence-corrected chi connectivity index (χ0v) is 10.0. The van der Waals surface area contributed by atoms with Crippen molar-refractivity contribution in [2.75, 3.05) is 11.1 Å². The van der Waals surface area contributed by atoms with Crippen molar-refractivity contribution < 1.29 is 0 Å². The Morgan fingerprint density at radius 1 is 1.39 bits per heavy atom. The minimum absolute atomic E-state index is 0.478. The quantitative estimate of drug-likeness (QED) is 0.857. The second-order valence-corrected chi connectivity index (χ2v) is 3.76. The molecule has 0 spiro atoms. The number of nitrogens with two attached hydrogens (primary N) is 1. The molecule has 0 unspecified atom stereocenters. The smallest absolute Gasteiger partial charge is 0.139 e. The third-order valence-electron chi connectivity index (χ3n) is 2.59. The molecule has 1 aromatic carbocycles. The van der Waals surface area contributed by atoms with Crippen LogP contribution in [0.4, 0.5) is 17.3 Å². The van der Waals surface area contributed by atoms with E-state index in [0.29, 0.717) is 17.2 Å². The van der Waals surface area contributed by atoms with Crippen LogP contribution in [0, 0.1) is 11.3 Å². The first-order valence-electron chi connectivity index (χ1n) is 5.61. The lowest BCUT2D eigenvalue weighted by atomic mass is 10.2. The molecule has 18 heavy (non-hydrogen) atoms. The molecule has 1 aromatic heterocycles. The van der Waals surface area contributed by atoms with Gasteiger partial charge in [-0.15, -0.1) is 0 Å². The minimum Gasteiger partial charge on any atom is -0.383 e. The number of aromatic nitrogens is 2. The second-order valence-electron chi connectivity index (χ2n) is 3.76. The minimum atomic E-state index is 0.478. The average Bonchev–Trinajstić information content (AvgIpc) is 2.39. The van der Waals surface area contributed by atoms with Gasteiger partial charge in [-0.25, -0.2) is 9.97 Å². The summed E-state index contributed by atoms with van der Waals surface area (Å²) < 4.78 is 0. The highest BCUT2D eigenvalue weighted by Gasteiger charge is 2.07. The number of nitrogens with one attached hydrogen (secondary N) is 1. The van der Waals surface area contributed by atoms with Gasteiger partial charge in [0.25, 0.3) is 0 Å². The van der Waals surface area contributed by atoms with E-state index in [4.69, 9.17) is 11.0 Å². The van der Waals surface area contributed by atoms with Gasteiger partial charge in [-0.1, -0.05) is 13.0 Å². The number of hydrogen-bond acceptors (Lipinski definition) is 5. The molecule has 1 heterocycles. The lowest BCUT2D eigenvalue weighted by Crippen LogP contribution is -2.04. The van der Waals surface area contributed by atoms with Crippen LogP contribution in [0.2, 0.25) is 0 Å². The second kappa shape index (κ2) is 5.15. The van der Waals surface area contributed by atoms with E-state index in [1.54, 1.807) is 12.1 Å². The number of benzene rings is 1. The van der Waals surface area contributed by atoms with Crippen LogP contribution in [0.1, 0.15) is 18.1 Å². The Bertz CT molecular complexity index is 601. The monoisotopic (exact) mass is 239 g/mol. The van der Waals surface area contributed by atoms with Gasteiger partial charge in [0.2, 0.25) is 0 Å². The molecular formula is C13H13N5. The molecule has 0 aliphatic rings. The largest absolute Gasteiger partial charge is 0.383 e. The highest BCUT2D eigenvalue weighted by atomic mass is 15.0. The summed E-state index contributed by atoms with van der Waals surface area (Å²) >= 11 is 0. The number of nitriles is 1. The lowest BCUT2D eigenvalue weighted by molar-refractivity contribution is 1.06. The van der Waals surface area contributed by atoms with E-state index in [1.807, 2.05) is 19.1 Å². The Hall–Kier alpha value is -2.61. The first-order valence-corrected chi connectivity index (χ1v) is 5.61. The predicted molar refractivity (Wildman–Crippen MR) is 70.3 cm³/mol. The summed E-state index contributed by atoms with van der Waals surface area (Å²) in [4.78, 5) is 8.14. The van der Waals surface area contributed by atoms with Crippen molar-refractivity contribution in [2.24, 2.45) is 0 Å². The summed E-state index contributed by atoms with van der Waals surface area (Å²) in [6, 6.07) is 9.30. The maximum Gasteiger partial charge on any atom is 0.139 e. The molecule has 0 saturated heterocycles. The predicted octanol–water partition coefficient (Wildman–Crippen LogP) is 2.24. The Morgan fingerprint density at radius 2 is 2.22 bits per heavy atom. The van der Waals surface area contributed by atoms with E-state index in [-0.39, 0.29) is 0 Å². The Kier molecular flexibility index (Phi) is 3.39. The van der Waals surface area contributed by atoms with E-state index in [1.165, 1.54) is 6.33 Å². The zero-order chi connectivity index (χ0) is 13.0. The average molecular weight is 239 g/mol. The van der Waals surface area contributed by atoms with E-state index < -0.39 is 0 Å². The molecule has 3 N–H and O–H groups in total. The fourth-order valence-corrected chi connectivity index (χ4v) is 1.69. The van der Waals surface area contributed by atoms with Crippen LogP contribution in [0.5, 0.6) is 0 Å². The van der Waals surface area contributed by atoms with Crippen LogP contribution in [0.15, 0.2) is 30.6 Å². The van der Waals surface area contributed by atoms with Gasteiger partial charge in [0, 0.05) is 11.3 Å². The highest BCUT2D eigenvalue weighted by Crippen LogP contribution is 2.22. The molecule has 5 nitrogen and oxygen atoms in total. The Balaban J connectivity index is 2.34. The number of nitrogen functional groups attached to an aromatic ring is 1. The normalized spacial score (nSPS) is 9.78. The molecule has 2 rings (SSSR count). The zero-order valence-electron chi connectivity index (χ0n) is 10.0. The summed E-state index contributed by atoms with van der Waals surface area (Å²) in [5, 5.41) is 12.0. The Morgan fingerprint density at radius 3 is 2.94 bits per heavy atom. The van der Waals surface area contributed by atoms with Crippen LogP contribution in [-0.4, -0.2) is 9.97 Å². The molecular weight excluding hydrogens is 226 g/mol. The van der Waals surface area contributed by atoms with Gasteiger partial charge < -0.3 is 11.1 Å². The van der Waals surface area contributed by atoms with Gasteiger partial charge >= 0.3 is 0 Å². The molecule has 0 saturated carbocycles. The molecule has 0 radical (unpaired) electrons. The van der Waals surface area contributed by atoms with Crippen molar-refractivity contribution in [3.8, 4) is 6.07 Å².